The van der Waals surface area contributed by atoms with Gasteiger partial charge in [0, 0.05) is 11.3 Å². The molecule has 0 bridgehead atoms. The predicted octanol–water partition coefficient (Wildman–Crippen LogP) is 3.44. The average Bonchev–Trinajstić information content (AvgIpc) is 3.05. The number of halogens is 1. The number of amides is 1. The van der Waals surface area contributed by atoms with Crippen molar-refractivity contribution < 1.29 is 9.90 Å². The molecule has 2 aromatic heterocycles. The lowest BCUT2D eigenvalue weighted by atomic mass is 10.3. The van der Waals surface area contributed by atoms with Gasteiger partial charge in [-0.25, -0.2) is 0 Å². The first-order valence-corrected chi connectivity index (χ1v) is 8.39. The number of thiophene rings is 2. The van der Waals surface area contributed by atoms with Gasteiger partial charge in [-0.15, -0.1) is 22.7 Å². The first-order valence-electron chi connectivity index (χ1n) is 6.32. The zero-order valence-electron chi connectivity index (χ0n) is 11.4. The molecule has 2 heterocycles. The van der Waals surface area contributed by atoms with Crippen molar-refractivity contribution in [1.29, 1.82) is 0 Å². The van der Waals surface area contributed by atoms with Crippen molar-refractivity contribution in [2.45, 2.75) is 19.9 Å². The summed E-state index contributed by atoms with van der Waals surface area (Å²) in [5, 5.41) is 13.9. The van der Waals surface area contributed by atoms with E-state index in [-0.39, 0.29) is 12.5 Å². The summed E-state index contributed by atoms with van der Waals surface area (Å²) in [6.45, 7) is 2.41. The van der Waals surface area contributed by atoms with Crippen LogP contribution in [-0.4, -0.2) is 17.6 Å². The highest BCUT2D eigenvalue weighted by Crippen LogP contribution is 2.27. The van der Waals surface area contributed by atoms with E-state index in [4.69, 9.17) is 16.7 Å². The van der Waals surface area contributed by atoms with Crippen LogP contribution in [-0.2, 0) is 6.54 Å². The van der Waals surface area contributed by atoms with Gasteiger partial charge in [0.2, 0.25) is 0 Å². The molecule has 0 unspecified atom stereocenters. The fraction of sp³-hybridized carbons (Fsp3) is 0.267. The van der Waals surface area contributed by atoms with Gasteiger partial charge < -0.3 is 10.4 Å². The molecule has 2 N–H and O–H groups in total. The van der Waals surface area contributed by atoms with Crippen LogP contribution in [0.2, 0.25) is 5.02 Å². The van der Waals surface area contributed by atoms with Crippen LogP contribution in [0.3, 0.4) is 0 Å². The molecule has 0 spiro atoms. The second-order valence-corrected chi connectivity index (χ2v) is 6.71. The van der Waals surface area contributed by atoms with E-state index in [0.29, 0.717) is 22.9 Å². The van der Waals surface area contributed by atoms with E-state index in [2.05, 4.69) is 17.2 Å². The van der Waals surface area contributed by atoms with Gasteiger partial charge in [-0.1, -0.05) is 23.4 Å². The van der Waals surface area contributed by atoms with Gasteiger partial charge in [-0.2, -0.15) is 0 Å². The smallest absolute Gasteiger partial charge is 0.263 e. The Morgan fingerprint density at radius 2 is 2.29 bits per heavy atom. The Morgan fingerprint density at radius 1 is 1.48 bits per heavy atom. The fourth-order valence-corrected chi connectivity index (χ4v) is 3.59. The molecule has 2 rings (SSSR count). The number of rotatable bonds is 4. The second-order valence-electron chi connectivity index (χ2n) is 4.29. The number of hydrogen-bond donors (Lipinski definition) is 2. The Bertz CT molecular complexity index is 694. The normalized spacial score (nSPS) is 10.0. The lowest BCUT2D eigenvalue weighted by Gasteiger charge is -2.02. The van der Waals surface area contributed by atoms with Crippen LogP contribution in [0.4, 0.5) is 0 Å². The third-order valence-electron chi connectivity index (χ3n) is 2.64. The summed E-state index contributed by atoms with van der Waals surface area (Å²) in [4.78, 5) is 14.5. The lowest BCUT2D eigenvalue weighted by Crippen LogP contribution is -2.21. The first kappa shape index (κ1) is 16.1. The third kappa shape index (κ3) is 4.32. The van der Waals surface area contributed by atoms with Crippen molar-refractivity contribution >= 4 is 40.2 Å². The van der Waals surface area contributed by atoms with E-state index < -0.39 is 0 Å². The minimum atomic E-state index is -0.153. The van der Waals surface area contributed by atoms with E-state index in [1.807, 2.05) is 24.4 Å². The fourth-order valence-electron chi connectivity index (χ4n) is 1.58. The maximum atomic E-state index is 12.0. The molecular weight excluding hydrogens is 326 g/mol. The summed E-state index contributed by atoms with van der Waals surface area (Å²) in [6, 6.07) is 3.86. The molecule has 0 fully saturated rings. The minimum absolute atomic E-state index is 0.0717. The van der Waals surface area contributed by atoms with Gasteiger partial charge in [0.05, 0.1) is 23.1 Å². The van der Waals surface area contributed by atoms with E-state index in [1.54, 1.807) is 0 Å². The van der Waals surface area contributed by atoms with Crippen molar-refractivity contribution in [3.8, 4) is 11.8 Å². The highest BCUT2D eigenvalue weighted by molar-refractivity contribution is 7.13. The first-order chi connectivity index (χ1) is 10.1. The molecule has 0 aliphatic heterocycles. The maximum absolute atomic E-state index is 12.0. The number of aryl methyl sites for hydroxylation is 1. The van der Waals surface area contributed by atoms with Crippen LogP contribution in [0.15, 0.2) is 17.5 Å². The van der Waals surface area contributed by atoms with Crippen molar-refractivity contribution in [2.75, 3.05) is 6.61 Å². The molecule has 0 radical (unpaired) electrons. The summed E-state index contributed by atoms with van der Waals surface area (Å²) in [5.41, 5.74) is 0.921. The largest absolute Gasteiger partial charge is 0.395 e. The molecule has 110 valence electrons. The molecule has 1 amide bonds. The highest BCUT2D eigenvalue weighted by atomic mass is 35.5. The van der Waals surface area contributed by atoms with Gasteiger partial charge >= 0.3 is 0 Å². The van der Waals surface area contributed by atoms with E-state index in [9.17, 15) is 4.79 Å². The van der Waals surface area contributed by atoms with Crippen LogP contribution >= 0.6 is 34.3 Å². The highest BCUT2D eigenvalue weighted by Gasteiger charge is 2.14. The van der Waals surface area contributed by atoms with Crippen LogP contribution in [0.1, 0.15) is 31.4 Å². The van der Waals surface area contributed by atoms with Gasteiger partial charge in [0.25, 0.3) is 5.91 Å². The topological polar surface area (TPSA) is 49.3 Å². The Morgan fingerprint density at radius 3 is 2.95 bits per heavy atom. The zero-order valence-corrected chi connectivity index (χ0v) is 13.8. The minimum Gasteiger partial charge on any atom is -0.395 e. The Hall–Kier alpha value is -1.32. The molecule has 0 aliphatic carbocycles. The summed E-state index contributed by atoms with van der Waals surface area (Å²) < 4.78 is 0. The number of hydrogen-bond acceptors (Lipinski definition) is 4. The molecular formula is C15H14ClNO2S2. The summed E-state index contributed by atoms with van der Waals surface area (Å²) >= 11 is 8.96. The monoisotopic (exact) mass is 339 g/mol. The molecule has 21 heavy (non-hydrogen) atoms. The van der Waals surface area contributed by atoms with Crippen molar-refractivity contribution in [1.82, 2.24) is 5.32 Å². The van der Waals surface area contributed by atoms with Gasteiger partial charge in [-0.3, -0.25) is 4.79 Å². The van der Waals surface area contributed by atoms with Crippen molar-refractivity contribution in [2.24, 2.45) is 0 Å². The maximum Gasteiger partial charge on any atom is 0.263 e. The quantitative estimate of drug-likeness (QED) is 0.838. The second kappa shape index (κ2) is 7.62. The molecule has 3 nitrogen and oxygen atoms in total. The number of nitrogens with one attached hydrogen (secondary N) is 1. The Labute approximate surface area is 136 Å². The molecule has 6 heteroatoms. The summed E-state index contributed by atoms with van der Waals surface area (Å²) in [7, 11) is 0. The molecule has 2 aromatic rings. The average molecular weight is 340 g/mol. The van der Waals surface area contributed by atoms with Crippen LogP contribution in [0.5, 0.6) is 0 Å². The number of aliphatic hydroxyl groups is 1. The van der Waals surface area contributed by atoms with Crippen molar-refractivity contribution in [3.05, 3.63) is 42.7 Å². The standard InChI is InChI=1S/C15H14ClNO2S2/c1-10-9-20-14(13(10)16)15(19)17-8-12-6-5-11(21-12)4-2-3-7-18/h5-6,9,18H,3,7-8H2,1H3,(H,17,19). The zero-order chi connectivity index (χ0) is 15.2. The third-order valence-corrected chi connectivity index (χ3v) is 5.33. The molecule has 0 aliphatic rings. The SMILES string of the molecule is Cc1csc(C(=O)NCc2ccc(C#CCCO)s2)c1Cl. The van der Waals surface area contributed by atoms with Gasteiger partial charge in [0.15, 0.2) is 0 Å². The molecule has 0 aromatic carbocycles. The number of aliphatic hydroxyl groups excluding tert-OH is 1. The predicted molar refractivity (Wildman–Crippen MR) is 88.1 cm³/mol. The van der Waals surface area contributed by atoms with Crippen molar-refractivity contribution in [3.63, 3.8) is 0 Å². The Kier molecular flexibility index (Phi) is 5.83. The van der Waals surface area contributed by atoms with E-state index in [0.717, 1.165) is 15.3 Å². The van der Waals surface area contributed by atoms with Gasteiger partial charge in [-0.05, 0) is 30.0 Å². The number of carbonyl (C=O) groups excluding carboxylic acids is 1. The van der Waals surface area contributed by atoms with Gasteiger partial charge in [0.1, 0.15) is 4.88 Å². The van der Waals surface area contributed by atoms with Crippen LogP contribution in [0.25, 0.3) is 0 Å². The van der Waals surface area contributed by atoms with E-state index >= 15 is 0 Å². The summed E-state index contributed by atoms with van der Waals surface area (Å²) in [5.74, 6) is 5.69. The van der Waals surface area contributed by atoms with E-state index in [1.165, 1.54) is 22.7 Å². The van der Waals surface area contributed by atoms with Crippen LogP contribution in [0, 0.1) is 18.8 Å². The Balaban J connectivity index is 1.93. The van der Waals surface area contributed by atoms with Crippen LogP contribution < -0.4 is 5.32 Å². The number of carbonyl (C=O) groups is 1. The molecule has 0 atom stereocenters. The summed E-state index contributed by atoms with van der Waals surface area (Å²) in [6.07, 6.45) is 0.472. The molecule has 0 saturated heterocycles. The molecule has 0 saturated carbocycles. The lowest BCUT2D eigenvalue weighted by molar-refractivity contribution is 0.0955.